The summed E-state index contributed by atoms with van der Waals surface area (Å²) < 4.78 is 33.2. The summed E-state index contributed by atoms with van der Waals surface area (Å²) in [6, 6.07) is 13.1. The average molecular weight is 485 g/mol. The van der Waals surface area contributed by atoms with Gasteiger partial charge >= 0.3 is 12.1 Å². The maximum absolute atomic E-state index is 13.0. The summed E-state index contributed by atoms with van der Waals surface area (Å²) in [6.07, 6.45) is 0.250. The van der Waals surface area contributed by atoms with Crippen LogP contribution in [0.25, 0.3) is 10.1 Å². The van der Waals surface area contributed by atoms with Crippen LogP contribution in [0.2, 0.25) is 0 Å². The van der Waals surface area contributed by atoms with Crippen molar-refractivity contribution >= 4 is 46.2 Å². The van der Waals surface area contributed by atoms with Crippen molar-refractivity contribution in [3.8, 4) is 17.2 Å². The van der Waals surface area contributed by atoms with E-state index in [9.17, 15) is 9.18 Å². The van der Waals surface area contributed by atoms with Crippen molar-refractivity contribution in [2.45, 2.75) is 6.92 Å². The smallest absolute Gasteiger partial charge is 0.373 e. The highest BCUT2D eigenvalue weighted by atomic mass is 32.1. The van der Waals surface area contributed by atoms with Gasteiger partial charge in [-0.15, -0.1) is 11.3 Å². The van der Waals surface area contributed by atoms with Crippen LogP contribution in [0.15, 0.2) is 42.5 Å². The molecule has 2 aromatic carbocycles. The minimum atomic E-state index is -0.461. The Morgan fingerprint density at radius 2 is 1.44 bits per heavy atom. The Bertz CT molecular complexity index is 971. The number of methoxy groups -OCH3 is 4. The highest BCUT2D eigenvalue weighted by Gasteiger charge is 2.07. The molecule has 0 N–H and O–H groups in total. The highest BCUT2D eigenvalue weighted by molar-refractivity contribution is 7.81. The molecule has 3 aromatic rings. The molecule has 0 fully saturated rings. The first-order valence-electron chi connectivity index (χ1n) is 8.89. The molecule has 1 heterocycles. The number of aryl methyl sites for hydroxylation is 1. The molecule has 0 bridgehead atoms. The zero-order chi connectivity index (χ0) is 24.5. The molecule has 0 saturated carbocycles. The molecular formula is C22H25FO7S2. The van der Waals surface area contributed by atoms with E-state index in [0.717, 1.165) is 5.75 Å². The highest BCUT2D eigenvalue weighted by Crippen LogP contribution is 2.32. The first kappa shape index (κ1) is 28.9. The van der Waals surface area contributed by atoms with Crippen LogP contribution in [0.4, 0.5) is 4.39 Å². The quantitative estimate of drug-likeness (QED) is 0.429. The molecule has 0 aliphatic carbocycles. The van der Waals surface area contributed by atoms with E-state index in [1.807, 2.05) is 12.1 Å². The van der Waals surface area contributed by atoms with Crippen molar-refractivity contribution in [2.24, 2.45) is 0 Å². The van der Waals surface area contributed by atoms with Gasteiger partial charge in [0.1, 0.15) is 5.75 Å². The Morgan fingerprint density at radius 3 is 1.84 bits per heavy atom. The van der Waals surface area contributed by atoms with Crippen molar-refractivity contribution in [3.05, 3.63) is 53.2 Å². The lowest BCUT2D eigenvalue weighted by Gasteiger charge is -2.04. The number of ether oxygens (including phenoxy) is 4. The second-order valence-corrected chi connectivity index (χ2v) is 7.10. The van der Waals surface area contributed by atoms with Crippen LogP contribution in [-0.4, -0.2) is 46.3 Å². The molecule has 7 nitrogen and oxygen atoms in total. The largest absolute Gasteiger partial charge is 0.495 e. The predicted octanol–water partition coefficient (Wildman–Crippen LogP) is 4.57. The number of hydrogen-bond acceptors (Lipinski definition) is 9. The summed E-state index contributed by atoms with van der Waals surface area (Å²) in [5.41, 5.74) is 0. The summed E-state index contributed by atoms with van der Waals surface area (Å²) in [7, 11) is 5.87. The second kappa shape index (κ2) is 16.6. The number of fused-ring (bicyclic) bond motifs is 1. The van der Waals surface area contributed by atoms with Crippen molar-refractivity contribution in [2.75, 3.05) is 34.2 Å². The minimum absolute atomic E-state index is 0.163. The average Bonchev–Trinajstić information content (AvgIpc) is 3.20. The van der Waals surface area contributed by atoms with Gasteiger partial charge in [-0.25, -0.2) is 0 Å². The number of thiol groups is 1. The summed E-state index contributed by atoms with van der Waals surface area (Å²) in [4.78, 5) is 27.5. The van der Waals surface area contributed by atoms with Gasteiger partial charge < -0.3 is 18.9 Å². The van der Waals surface area contributed by atoms with Gasteiger partial charge in [-0.3, -0.25) is 4.79 Å². The molecule has 0 amide bonds. The fourth-order valence-corrected chi connectivity index (χ4v) is 3.33. The zero-order valence-electron chi connectivity index (χ0n) is 18.3. The van der Waals surface area contributed by atoms with Gasteiger partial charge in [0.15, 0.2) is 11.5 Å². The van der Waals surface area contributed by atoms with E-state index in [-0.39, 0.29) is 29.4 Å². The van der Waals surface area contributed by atoms with Crippen molar-refractivity contribution in [1.29, 1.82) is 0 Å². The number of hydrogen-bond donors (Lipinski definition) is 1. The number of benzene rings is 2. The van der Waals surface area contributed by atoms with Gasteiger partial charge in [0.2, 0.25) is 5.82 Å². The number of carbonyl (C=O) groups is 1. The topological polar surface area (TPSA) is 88.1 Å². The molecule has 0 saturated heterocycles. The molecule has 3 rings (SSSR count). The number of thiophene rings is 1. The molecular weight excluding hydrogens is 459 g/mol. The Labute approximate surface area is 195 Å². The first-order valence-corrected chi connectivity index (χ1v) is 10.3. The molecule has 0 atom stereocenters. The molecule has 32 heavy (non-hydrogen) atoms. The van der Waals surface area contributed by atoms with Gasteiger partial charge in [0, 0.05) is 4.88 Å². The van der Waals surface area contributed by atoms with E-state index in [2.05, 4.69) is 36.4 Å². The third kappa shape index (κ3) is 9.82. The van der Waals surface area contributed by atoms with Crippen LogP contribution >= 0.6 is 24.0 Å². The van der Waals surface area contributed by atoms with Crippen LogP contribution in [0.3, 0.4) is 0 Å². The standard InChI is InChI=1S/C10H10OS.C8H9FO2.C3H6O2S.CO2/c1-7-6-8-4-3-5-9(11-2)10(8)12-7;1-10-6-4-3-5-7(11-2)8(6)9;1-5-3(4)2-6;2-1-3/h3-6H,1-2H3;3-5H,1-2H3;6H,2H2,1H3;. The van der Waals surface area contributed by atoms with Gasteiger partial charge in [-0.05, 0) is 36.6 Å². The molecule has 0 aliphatic rings. The maximum atomic E-state index is 13.0. The fraction of sp³-hybridized carbons (Fsp3) is 0.273. The van der Waals surface area contributed by atoms with Crippen molar-refractivity contribution in [1.82, 2.24) is 0 Å². The Morgan fingerprint density at radius 1 is 0.969 bits per heavy atom. The monoisotopic (exact) mass is 484 g/mol. The Hall–Kier alpha value is -3.07. The molecule has 0 aliphatic heterocycles. The lowest BCUT2D eigenvalue weighted by Crippen LogP contribution is -1.99. The second-order valence-electron chi connectivity index (χ2n) is 5.53. The number of rotatable bonds is 4. The molecule has 0 radical (unpaired) electrons. The number of halogens is 1. The molecule has 0 unspecified atom stereocenters. The van der Waals surface area contributed by atoms with Gasteiger partial charge in [0.25, 0.3) is 0 Å². The fourth-order valence-electron chi connectivity index (χ4n) is 2.20. The zero-order valence-corrected chi connectivity index (χ0v) is 20.1. The summed E-state index contributed by atoms with van der Waals surface area (Å²) >= 11 is 5.40. The minimum Gasteiger partial charge on any atom is -0.495 e. The van der Waals surface area contributed by atoms with Crippen LogP contribution in [-0.2, 0) is 19.1 Å². The summed E-state index contributed by atoms with van der Waals surface area (Å²) in [5.74, 6) is 0.784. The van der Waals surface area contributed by atoms with E-state index < -0.39 is 5.82 Å². The van der Waals surface area contributed by atoms with Crippen LogP contribution in [0.5, 0.6) is 17.2 Å². The van der Waals surface area contributed by atoms with Gasteiger partial charge in [-0.2, -0.15) is 26.6 Å². The molecule has 0 spiro atoms. The Kier molecular flexibility index (Phi) is 15.0. The van der Waals surface area contributed by atoms with Gasteiger partial charge in [-0.1, -0.05) is 18.2 Å². The van der Waals surface area contributed by atoms with Crippen LogP contribution in [0.1, 0.15) is 4.88 Å². The lowest BCUT2D eigenvalue weighted by molar-refractivity contribution is -0.191. The van der Waals surface area contributed by atoms with Gasteiger partial charge in [0.05, 0.1) is 38.9 Å². The van der Waals surface area contributed by atoms with E-state index in [4.69, 9.17) is 23.8 Å². The van der Waals surface area contributed by atoms with Crippen LogP contribution < -0.4 is 14.2 Å². The Balaban J connectivity index is 0.000000445. The third-order valence-corrected chi connectivity index (χ3v) is 4.91. The van der Waals surface area contributed by atoms with E-state index in [0.29, 0.717) is 0 Å². The number of carbonyl (C=O) groups excluding carboxylic acids is 3. The van der Waals surface area contributed by atoms with E-state index in [1.54, 1.807) is 24.5 Å². The predicted molar refractivity (Wildman–Crippen MR) is 123 cm³/mol. The maximum Gasteiger partial charge on any atom is 0.373 e. The third-order valence-electron chi connectivity index (χ3n) is 3.58. The van der Waals surface area contributed by atoms with Crippen LogP contribution in [0, 0.1) is 12.7 Å². The molecule has 1 aromatic heterocycles. The van der Waals surface area contributed by atoms with Crippen molar-refractivity contribution in [3.63, 3.8) is 0 Å². The van der Waals surface area contributed by atoms with E-state index in [1.165, 1.54) is 48.4 Å². The SMILES string of the molecule is COC(=O)CS.COc1cccc(OC)c1F.COc1cccc2cc(C)sc12.O=C=O. The van der Waals surface area contributed by atoms with Crippen molar-refractivity contribution < 1.29 is 37.7 Å². The lowest BCUT2D eigenvalue weighted by atomic mass is 10.2. The molecule has 10 heteroatoms. The summed E-state index contributed by atoms with van der Waals surface area (Å²) in [6.45, 7) is 2.12. The summed E-state index contributed by atoms with van der Waals surface area (Å²) in [5, 5.41) is 1.27. The van der Waals surface area contributed by atoms with E-state index >= 15 is 0 Å². The number of esters is 1. The first-order chi connectivity index (χ1) is 15.3. The normalized spacial score (nSPS) is 8.84. The molecule has 174 valence electrons.